The molecule has 1 aliphatic rings. The topological polar surface area (TPSA) is 66.5 Å². The third-order valence-corrected chi connectivity index (χ3v) is 6.55. The van der Waals surface area contributed by atoms with Crippen molar-refractivity contribution in [2.24, 2.45) is 0 Å². The van der Waals surface area contributed by atoms with Crippen LogP contribution >= 0.6 is 0 Å². The van der Waals surface area contributed by atoms with Gasteiger partial charge in [0.1, 0.15) is 0 Å². The molecule has 1 amide bonds. The van der Waals surface area contributed by atoms with Crippen LogP contribution in [0, 0.1) is 17.5 Å². The molecule has 1 saturated heterocycles. The second-order valence-electron chi connectivity index (χ2n) is 6.91. The third-order valence-electron chi connectivity index (χ3n) is 5.01. The zero-order valence-electron chi connectivity index (χ0n) is 15.8. The molecule has 2 aromatic carbocycles. The number of piperidine rings is 1. The number of rotatable bonds is 5. The first-order valence-corrected chi connectivity index (χ1v) is 10.7. The summed E-state index contributed by atoms with van der Waals surface area (Å²) in [6, 6.07) is 7.83. The number of hydrogen-bond donors (Lipinski definition) is 1. The normalized spacial score (nSPS) is 15.5. The van der Waals surface area contributed by atoms with Crippen molar-refractivity contribution in [1.29, 1.82) is 0 Å². The summed E-state index contributed by atoms with van der Waals surface area (Å²) < 4.78 is 68.0. The highest BCUT2D eigenvalue weighted by Gasteiger charge is 2.29. The van der Waals surface area contributed by atoms with E-state index in [1.54, 1.807) is 24.3 Å². The fraction of sp³-hybridized carbons (Fsp3) is 0.350. The molecule has 0 spiro atoms. The lowest BCUT2D eigenvalue weighted by molar-refractivity contribution is 0.0705. The highest BCUT2D eigenvalue weighted by atomic mass is 32.2. The number of carbonyl (C=O) groups excluding carboxylic acids is 1. The van der Waals surface area contributed by atoms with Gasteiger partial charge in [-0.2, -0.15) is 0 Å². The Morgan fingerprint density at radius 2 is 1.66 bits per heavy atom. The molecule has 0 bridgehead atoms. The van der Waals surface area contributed by atoms with E-state index in [4.69, 9.17) is 0 Å². The summed E-state index contributed by atoms with van der Waals surface area (Å²) >= 11 is 0. The smallest absolute Gasteiger partial charge is 0.256 e. The summed E-state index contributed by atoms with van der Waals surface area (Å²) in [5, 5.41) is 0. The largest absolute Gasteiger partial charge is 0.338 e. The Morgan fingerprint density at radius 1 is 1.03 bits per heavy atom. The average molecular weight is 426 g/mol. The highest BCUT2D eigenvalue weighted by molar-refractivity contribution is 7.89. The number of sulfonamides is 1. The zero-order chi connectivity index (χ0) is 21.2. The van der Waals surface area contributed by atoms with Gasteiger partial charge in [0.05, 0.1) is 10.5 Å². The second-order valence-corrected chi connectivity index (χ2v) is 8.62. The van der Waals surface area contributed by atoms with Crippen molar-refractivity contribution in [3.05, 3.63) is 65.0 Å². The fourth-order valence-electron chi connectivity index (χ4n) is 3.25. The maximum absolute atomic E-state index is 13.9. The van der Waals surface area contributed by atoms with Gasteiger partial charge < -0.3 is 4.90 Å². The second kappa shape index (κ2) is 8.54. The summed E-state index contributed by atoms with van der Waals surface area (Å²) in [6.07, 6.45) is 1.45. The number of aryl methyl sites for hydroxylation is 1. The predicted molar refractivity (Wildman–Crippen MR) is 101 cm³/mol. The van der Waals surface area contributed by atoms with Crippen molar-refractivity contribution in [2.75, 3.05) is 13.1 Å². The quantitative estimate of drug-likeness (QED) is 0.747. The first-order valence-electron chi connectivity index (χ1n) is 9.27. The molecule has 5 nitrogen and oxygen atoms in total. The van der Waals surface area contributed by atoms with Gasteiger partial charge in [-0.3, -0.25) is 4.79 Å². The van der Waals surface area contributed by atoms with Crippen LogP contribution in [0.4, 0.5) is 13.2 Å². The van der Waals surface area contributed by atoms with Crippen LogP contribution in [0.2, 0.25) is 0 Å². The van der Waals surface area contributed by atoms with Gasteiger partial charge in [-0.25, -0.2) is 26.3 Å². The van der Waals surface area contributed by atoms with Crippen molar-refractivity contribution in [3.8, 4) is 0 Å². The molecule has 1 heterocycles. The van der Waals surface area contributed by atoms with E-state index in [2.05, 4.69) is 4.72 Å². The van der Waals surface area contributed by atoms with E-state index in [0.717, 1.165) is 18.1 Å². The molecular weight excluding hydrogens is 405 g/mol. The minimum absolute atomic E-state index is 0.164. The number of benzene rings is 2. The molecule has 1 N–H and O–H groups in total. The highest BCUT2D eigenvalue weighted by Crippen LogP contribution is 2.21. The molecule has 0 aliphatic carbocycles. The van der Waals surface area contributed by atoms with E-state index >= 15 is 0 Å². The number of likely N-dealkylation sites (tertiary alicyclic amines) is 1. The molecule has 29 heavy (non-hydrogen) atoms. The fourth-order valence-corrected chi connectivity index (χ4v) is 4.56. The van der Waals surface area contributed by atoms with Crippen LogP contribution in [-0.4, -0.2) is 38.4 Å². The van der Waals surface area contributed by atoms with Crippen molar-refractivity contribution >= 4 is 15.9 Å². The van der Waals surface area contributed by atoms with Crippen molar-refractivity contribution in [2.45, 2.75) is 37.1 Å². The summed E-state index contributed by atoms with van der Waals surface area (Å²) in [5.74, 6) is -5.32. The number of amides is 1. The first-order chi connectivity index (χ1) is 13.7. The standard InChI is InChI=1S/C20H21F3N2O3S/c1-2-13-3-5-15(6-4-13)29(27,28)24-14-9-11-25(12-10-14)20(26)16-7-8-17(21)19(23)18(16)22/h3-8,14,24H,2,9-12H2,1H3. The van der Waals surface area contributed by atoms with E-state index in [9.17, 15) is 26.4 Å². The Balaban J connectivity index is 1.63. The SMILES string of the molecule is CCc1ccc(S(=O)(=O)NC2CCN(C(=O)c3ccc(F)c(F)c3F)CC2)cc1. The lowest BCUT2D eigenvalue weighted by Gasteiger charge is -2.32. The zero-order valence-corrected chi connectivity index (χ0v) is 16.6. The van der Waals surface area contributed by atoms with Gasteiger partial charge in [0.15, 0.2) is 17.5 Å². The van der Waals surface area contributed by atoms with Gasteiger partial charge >= 0.3 is 0 Å². The van der Waals surface area contributed by atoms with Gasteiger partial charge in [-0.15, -0.1) is 0 Å². The van der Waals surface area contributed by atoms with Gasteiger partial charge in [0, 0.05) is 19.1 Å². The Kier molecular flexibility index (Phi) is 6.28. The maximum Gasteiger partial charge on any atom is 0.256 e. The average Bonchev–Trinajstić information content (AvgIpc) is 2.72. The number of carbonyl (C=O) groups is 1. The first kappa shape index (κ1) is 21.3. The number of halogens is 3. The van der Waals surface area contributed by atoms with E-state index < -0.39 is 38.9 Å². The minimum Gasteiger partial charge on any atom is -0.338 e. The third kappa shape index (κ3) is 4.62. The van der Waals surface area contributed by atoms with Crippen molar-refractivity contribution in [3.63, 3.8) is 0 Å². The molecule has 0 atom stereocenters. The van der Waals surface area contributed by atoms with Crippen molar-refractivity contribution < 1.29 is 26.4 Å². The predicted octanol–water partition coefficient (Wildman–Crippen LogP) is 3.25. The molecule has 3 rings (SSSR count). The van der Waals surface area contributed by atoms with Crippen LogP contribution in [0.15, 0.2) is 41.3 Å². The molecule has 0 aromatic heterocycles. The Bertz CT molecular complexity index is 1000. The van der Waals surface area contributed by atoms with Gasteiger partial charge in [-0.1, -0.05) is 19.1 Å². The molecule has 0 saturated carbocycles. The van der Waals surface area contributed by atoms with Crippen LogP contribution in [0.3, 0.4) is 0 Å². The van der Waals surface area contributed by atoms with E-state index in [1.807, 2.05) is 6.92 Å². The number of nitrogens with one attached hydrogen (secondary N) is 1. The van der Waals surface area contributed by atoms with Crippen LogP contribution in [0.5, 0.6) is 0 Å². The Hall–Kier alpha value is -2.39. The summed E-state index contributed by atoms with van der Waals surface area (Å²) in [7, 11) is -3.70. The molecule has 1 aliphatic heterocycles. The monoisotopic (exact) mass is 426 g/mol. The van der Waals surface area contributed by atoms with Gasteiger partial charge in [0.2, 0.25) is 10.0 Å². The van der Waals surface area contributed by atoms with Crippen molar-refractivity contribution in [1.82, 2.24) is 9.62 Å². The summed E-state index contributed by atoms with van der Waals surface area (Å²) in [6.45, 7) is 2.31. The van der Waals surface area contributed by atoms with Crippen LogP contribution in [0.1, 0.15) is 35.7 Å². The molecule has 0 unspecified atom stereocenters. The van der Waals surface area contributed by atoms with Crippen LogP contribution < -0.4 is 4.72 Å². The van der Waals surface area contributed by atoms with E-state index in [1.165, 1.54) is 4.90 Å². The van der Waals surface area contributed by atoms with Gasteiger partial charge in [0.25, 0.3) is 5.91 Å². The number of nitrogens with zero attached hydrogens (tertiary/aromatic N) is 1. The maximum atomic E-state index is 13.9. The van der Waals surface area contributed by atoms with Crippen LogP contribution in [0.25, 0.3) is 0 Å². The molecule has 2 aromatic rings. The summed E-state index contributed by atoms with van der Waals surface area (Å²) in [4.78, 5) is 13.9. The summed E-state index contributed by atoms with van der Waals surface area (Å²) in [5.41, 5.74) is 0.485. The lowest BCUT2D eigenvalue weighted by Crippen LogP contribution is -2.46. The van der Waals surface area contributed by atoms with Gasteiger partial charge in [-0.05, 0) is 49.1 Å². The molecular formula is C20H21F3N2O3S. The minimum atomic E-state index is -3.70. The Morgan fingerprint density at radius 3 is 2.24 bits per heavy atom. The Labute approximate surface area is 167 Å². The lowest BCUT2D eigenvalue weighted by atomic mass is 10.0. The molecule has 1 fully saturated rings. The molecule has 0 radical (unpaired) electrons. The van der Waals surface area contributed by atoms with Crippen LogP contribution in [-0.2, 0) is 16.4 Å². The number of hydrogen-bond acceptors (Lipinski definition) is 3. The van der Waals surface area contributed by atoms with E-state index in [0.29, 0.717) is 18.9 Å². The van der Waals surface area contributed by atoms with E-state index in [-0.39, 0.29) is 24.0 Å². The molecule has 156 valence electrons. The molecule has 9 heteroatoms.